The molecule has 2 heterocycles. The van der Waals surface area contributed by atoms with Gasteiger partial charge in [0.05, 0.1) is 11.2 Å². The molecule has 0 amide bonds. The van der Waals surface area contributed by atoms with E-state index >= 15 is 0 Å². The van der Waals surface area contributed by atoms with Crippen molar-refractivity contribution in [1.82, 2.24) is 10.2 Å². The van der Waals surface area contributed by atoms with Crippen molar-refractivity contribution in [3.8, 4) is 0 Å². The Morgan fingerprint density at radius 1 is 1.11 bits per heavy atom. The smallest absolute Gasteiger partial charge is 0.0790 e. The van der Waals surface area contributed by atoms with Crippen LogP contribution in [0.2, 0.25) is 0 Å². The SMILES string of the molecule is CNC1C(CN2CCC(C)CC2)C(C)(C)OC1(C)C. The number of nitrogens with zero attached hydrogens (tertiary/aromatic N) is 1. The summed E-state index contributed by atoms with van der Waals surface area (Å²) in [5.41, 5.74) is -0.119. The van der Waals surface area contributed by atoms with Gasteiger partial charge < -0.3 is 15.0 Å². The van der Waals surface area contributed by atoms with E-state index in [0.717, 1.165) is 12.5 Å². The van der Waals surface area contributed by atoms with E-state index in [4.69, 9.17) is 4.74 Å². The lowest BCUT2D eigenvalue weighted by atomic mass is 9.81. The molecule has 2 fully saturated rings. The topological polar surface area (TPSA) is 24.5 Å². The van der Waals surface area contributed by atoms with Crippen molar-refractivity contribution in [3.05, 3.63) is 0 Å². The third-order valence-corrected chi connectivity index (χ3v) is 5.21. The summed E-state index contributed by atoms with van der Waals surface area (Å²) in [7, 11) is 2.07. The van der Waals surface area contributed by atoms with Crippen LogP contribution in [0.25, 0.3) is 0 Å². The number of ether oxygens (including phenoxy) is 1. The molecule has 0 bridgehead atoms. The molecule has 0 aliphatic carbocycles. The van der Waals surface area contributed by atoms with Gasteiger partial charge in [0, 0.05) is 18.5 Å². The molecule has 0 aromatic rings. The average molecular weight is 268 g/mol. The zero-order valence-electron chi connectivity index (χ0n) is 13.6. The van der Waals surface area contributed by atoms with Crippen LogP contribution in [0.1, 0.15) is 47.5 Å². The Kier molecular flexibility index (Phi) is 4.29. The summed E-state index contributed by atoms with van der Waals surface area (Å²) in [6.07, 6.45) is 2.70. The van der Waals surface area contributed by atoms with Gasteiger partial charge in [-0.3, -0.25) is 0 Å². The summed E-state index contributed by atoms with van der Waals surface area (Å²) in [5, 5.41) is 3.51. The van der Waals surface area contributed by atoms with Crippen molar-refractivity contribution in [2.24, 2.45) is 11.8 Å². The first kappa shape index (κ1) is 15.3. The summed E-state index contributed by atoms with van der Waals surface area (Å²) in [4.78, 5) is 2.64. The van der Waals surface area contributed by atoms with E-state index in [0.29, 0.717) is 12.0 Å². The van der Waals surface area contributed by atoms with Crippen LogP contribution in [0.4, 0.5) is 0 Å². The van der Waals surface area contributed by atoms with Crippen LogP contribution >= 0.6 is 0 Å². The molecule has 112 valence electrons. The monoisotopic (exact) mass is 268 g/mol. The van der Waals surface area contributed by atoms with E-state index < -0.39 is 0 Å². The molecule has 19 heavy (non-hydrogen) atoms. The largest absolute Gasteiger partial charge is 0.368 e. The number of piperidine rings is 1. The van der Waals surface area contributed by atoms with Gasteiger partial charge in [0.15, 0.2) is 0 Å². The standard InChI is InChI=1S/C16H32N2O/c1-12-7-9-18(10-8-12)11-13-14(17-6)16(4,5)19-15(13,2)3/h12-14,17H,7-11H2,1-6H3. The second-order valence-corrected chi connectivity index (χ2v) is 7.66. The highest BCUT2D eigenvalue weighted by Crippen LogP contribution is 2.42. The Balaban J connectivity index is 2.04. The van der Waals surface area contributed by atoms with Gasteiger partial charge >= 0.3 is 0 Å². The molecule has 2 rings (SSSR count). The van der Waals surface area contributed by atoms with Gasteiger partial charge in [-0.15, -0.1) is 0 Å². The van der Waals surface area contributed by atoms with Crippen LogP contribution in [0.3, 0.4) is 0 Å². The van der Waals surface area contributed by atoms with Crippen molar-refractivity contribution in [3.63, 3.8) is 0 Å². The summed E-state index contributed by atoms with van der Waals surface area (Å²) in [6, 6.07) is 0.432. The highest BCUT2D eigenvalue weighted by atomic mass is 16.5. The van der Waals surface area contributed by atoms with Gasteiger partial charge in [0.25, 0.3) is 0 Å². The van der Waals surface area contributed by atoms with E-state index in [9.17, 15) is 0 Å². The Hall–Kier alpha value is -0.120. The number of nitrogens with one attached hydrogen (secondary N) is 1. The van der Waals surface area contributed by atoms with Gasteiger partial charge in [0.1, 0.15) is 0 Å². The van der Waals surface area contributed by atoms with E-state index in [1.165, 1.54) is 25.9 Å². The van der Waals surface area contributed by atoms with Crippen molar-refractivity contribution < 1.29 is 4.74 Å². The fourth-order valence-corrected chi connectivity index (χ4v) is 4.10. The molecule has 2 aliphatic heterocycles. The minimum atomic E-state index is -0.0774. The van der Waals surface area contributed by atoms with E-state index in [-0.39, 0.29) is 11.2 Å². The summed E-state index contributed by atoms with van der Waals surface area (Å²) in [6.45, 7) is 15.0. The predicted octanol–water partition coefficient (Wildman–Crippen LogP) is 2.51. The minimum Gasteiger partial charge on any atom is -0.368 e. The number of rotatable bonds is 3. The molecule has 2 atom stereocenters. The quantitative estimate of drug-likeness (QED) is 0.851. The number of likely N-dealkylation sites (N-methyl/N-ethyl adjacent to an activating group) is 1. The molecule has 0 aromatic carbocycles. The molecule has 3 heteroatoms. The van der Waals surface area contributed by atoms with E-state index in [1.807, 2.05) is 0 Å². The molecule has 0 spiro atoms. The van der Waals surface area contributed by atoms with Gasteiger partial charge in [-0.1, -0.05) is 6.92 Å². The van der Waals surface area contributed by atoms with E-state index in [1.54, 1.807) is 0 Å². The normalized spacial score (nSPS) is 35.7. The Morgan fingerprint density at radius 3 is 2.21 bits per heavy atom. The molecular formula is C16H32N2O. The maximum absolute atomic E-state index is 6.33. The third kappa shape index (κ3) is 3.14. The molecule has 0 radical (unpaired) electrons. The first-order valence-electron chi connectivity index (χ1n) is 7.86. The molecule has 0 saturated carbocycles. The first-order chi connectivity index (χ1) is 8.76. The van der Waals surface area contributed by atoms with Gasteiger partial charge in [0.2, 0.25) is 0 Å². The second-order valence-electron chi connectivity index (χ2n) is 7.66. The van der Waals surface area contributed by atoms with Crippen molar-refractivity contribution in [2.75, 3.05) is 26.7 Å². The predicted molar refractivity (Wildman–Crippen MR) is 80.4 cm³/mol. The number of hydrogen-bond donors (Lipinski definition) is 1. The van der Waals surface area contributed by atoms with Gasteiger partial charge in [-0.2, -0.15) is 0 Å². The van der Waals surface area contributed by atoms with Crippen LogP contribution in [0.5, 0.6) is 0 Å². The maximum atomic E-state index is 6.33. The molecule has 3 nitrogen and oxygen atoms in total. The molecule has 0 aromatic heterocycles. The average Bonchev–Trinajstić information content (AvgIpc) is 2.46. The molecule has 2 aliphatic rings. The lowest BCUT2D eigenvalue weighted by molar-refractivity contribution is -0.0798. The van der Waals surface area contributed by atoms with Crippen LogP contribution in [0, 0.1) is 11.8 Å². The van der Waals surface area contributed by atoms with Crippen molar-refractivity contribution >= 4 is 0 Å². The lowest BCUT2D eigenvalue weighted by Gasteiger charge is -2.37. The maximum Gasteiger partial charge on any atom is 0.0790 e. The summed E-state index contributed by atoms with van der Waals surface area (Å²) < 4.78 is 6.33. The molecule has 2 unspecified atom stereocenters. The first-order valence-corrected chi connectivity index (χ1v) is 7.86. The zero-order chi connectivity index (χ0) is 14.3. The van der Waals surface area contributed by atoms with Crippen molar-refractivity contribution in [2.45, 2.75) is 64.7 Å². The lowest BCUT2D eigenvalue weighted by Crippen LogP contribution is -2.50. The van der Waals surface area contributed by atoms with Crippen LogP contribution in [0.15, 0.2) is 0 Å². The van der Waals surface area contributed by atoms with Crippen LogP contribution in [-0.2, 0) is 4.74 Å². The van der Waals surface area contributed by atoms with Crippen LogP contribution < -0.4 is 5.32 Å². The Morgan fingerprint density at radius 2 is 1.68 bits per heavy atom. The number of hydrogen-bond acceptors (Lipinski definition) is 3. The zero-order valence-corrected chi connectivity index (χ0v) is 13.6. The highest BCUT2D eigenvalue weighted by molar-refractivity contribution is 5.05. The fraction of sp³-hybridized carbons (Fsp3) is 1.00. The summed E-state index contributed by atoms with van der Waals surface area (Å²) >= 11 is 0. The second kappa shape index (κ2) is 5.34. The molecule has 2 saturated heterocycles. The Labute approximate surface area is 119 Å². The van der Waals surface area contributed by atoms with Crippen LogP contribution in [-0.4, -0.2) is 48.8 Å². The third-order valence-electron chi connectivity index (χ3n) is 5.21. The van der Waals surface area contributed by atoms with Gasteiger partial charge in [-0.05, 0) is 66.6 Å². The fourth-order valence-electron chi connectivity index (χ4n) is 4.10. The summed E-state index contributed by atoms with van der Waals surface area (Å²) in [5.74, 6) is 1.46. The highest BCUT2D eigenvalue weighted by Gasteiger charge is 2.53. The van der Waals surface area contributed by atoms with Crippen molar-refractivity contribution in [1.29, 1.82) is 0 Å². The van der Waals surface area contributed by atoms with E-state index in [2.05, 4.69) is 51.9 Å². The number of likely N-dealkylation sites (tertiary alicyclic amines) is 1. The Bertz CT molecular complexity index is 306. The molecule has 1 N–H and O–H groups in total. The molecular weight excluding hydrogens is 236 g/mol. The minimum absolute atomic E-state index is 0.0414. The van der Waals surface area contributed by atoms with Gasteiger partial charge in [-0.25, -0.2) is 0 Å².